The first kappa shape index (κ1) is 14.3. The van der Waals surface area contributed by atoms with Gasteiger partial charge < -0.3 is 5.32 Å². The Morgan fingerprint density at radius 3 is 2.36 bits per heavy atom. The fourth-order valence-electron chi connectivity index (χ4n) is 1.20. The number of carbonyl (C=O) groups is 1. The molecular formula is C10H20BrNOS. The van der Waals surface area contributed by atoms with E-state index in [0.717, 1.165) is 23.9 Å². The number of carbonyl (C=O) groups excluding carboxylic acids is 1. The molecule has 0 heterocycles. The summed E-state index contributed by atoms with van der Waals surface area (Å²) in [5.74, 6) is 1.07. The molecule has 0 radical (unpaired) electrons. The highest BCUT2D eigenvalue weighted by Gasteiger charge is 2.26. The lowest BCUT2D eigenvalue weighted by atomic mass is 9.95. The average molecular weight is 282 g/mol. The molecule has 84 valence electrons. The molecule has 0 spiro atoms. The molecule has 0 aliphatic rings. The average Bonchev–Trinajstić information content (AvgIpc) is 2.23. The van der Waals surface area contributed by atoms with Crippen molar-refractivity contribution < 1.29 is 4.79 Å². The van der Waals surface area contributed by atoms with Crippen LogP contribution in [0.2, 0.25) is 0 Å². The van der Waals surface area contributed by atoms with E-state index in [9.17, 15) is 4.79 Å². The van der Waals surface area contributed by atoms with Gasteiger partial charge in [0.25, 0.3) is 0 Å². The number of nitrogens with one attached hydrogen (secondary N) is 1. The molecule has 0 aliphatic carbocycles. The number of amides is 1. The predicted molar refractivity (Wildman–Crippen MR) is 68.2 cm³/mol. The molecule has 0 aromatic carbocycles. The lowest BCUT2D eigenvalue weighted by Gasteiger charge is -2.30. The summed E-state index contributed by atoms with van der Waals surface area (Å²) in [6.07, 6.45) is 4.58. The van der Waals surface area contributed by atoms with Gasteiger partial charge in [-0.25, -0.2) is 0 Å². The van der Waals surface area contributed by atoms with Gasteiger partial charge in [0.2, 0.25) is 5.91 Å². The first-order chi connectivity index (χ1) is 6.64. The normalized spacial score (nSPS) is 11.4. The Bertz CT molecular complexity index is 163. The summed E-state index contributed by atoms with van der Waals surface area (Å²) < 4.78 is 0. The molecule has 0 bridgehead atoms. The Balaban J connectivity index is 4.08. The fraction of sp³-hybridized carbons (Fsp3) is 0.900. The van der Waals surface area contributed by atoms with Crippen LogP contribution < -0.4 is 5.32 Å². The van der Waals surface area contributed by atoms with Crippen molar-refractivity contribution in [3.63, 3.8) is 0 Å². The zero-order valence-corrected chi connectivity index (χ0v) is 11.6. The maximum atomic E-state index is 11.5. The highest BCUT2D eigenvalue weighted by Crippen LogP contribution is 2.18. The lowest BCUT2D eigenvalue weighted by molar-refractivity contribution is -0.122. The van der Waals surface area contributed by atoms with Crippen LogP contribution in [-0.2, 0) is 4.79 Å². The molecule has 0 fully saturated rings. The highest BCUT2D eigenvalue weighted by atomic mass is 79.9. The summed E-state index contributed by atoms with van der Waals surface area (Å²) >= 11 is 5.18. The van der Waals surface area contributed by atoms with Gasteiger partial charge in [0.05, 0.1) is 0 Å². The van der Waals surface area contributed by atoms with Crippen LogP contribution in [-0.4, -0.2) is 28.8 Å². The Hall–Kier alpha value is 0.300. The van der Waals surface area contributed by atoms with Crippen molar-refractivity contribution in [1.29, 1.82) is 0 Å². The fourth-order valence-corrected chi connectivity index (χ4v) is 2.52. The molecule has 14 heavy (non-hydrogen) atoms. The third-order valence-corrected chi connectivity index (χ3v) is 4.23. The molecule has 0 unspecified atom stereocenters. The van der Waals surface area contributed by atoms with E-state index in [0.29, 0.717) is 6.42 Å². The summed E-state index contributed by atoms with van der Waals surface area (Å²) in [5.41, 5.74) is -0.0461. The van der Waals surface area contributed by atoms with Gasteiger partial charge in [-0.2, -0.15) is 11.8 Å². The lowest BCUT2D eigenvalue weighted by Crippen LogP contribution is -2.49. The highest BCUT2D eigenvalue weighted by molar-refractivity contribution is 9.09. The smallest absolute Gasteiger partial charge is 0.221 e. The van der Waals surface area contributed by atoms with E-state index in [1.165, 1.54) is 0 Å². The van der Waals surface area contributed by atoms with Crippen LogP contribution in [0.3, 0.4) is 0 Å². The largest absolute Gasteiger partial charge is 0.350 e. The van der Waals surface area contributed by atoms with Crippen LogP contribution >= 0.6 is 27.7 Å². The first-order valence-electron chi connectivity index (χ1n) is 5.00. The Kier molecular flexibility index (Phi) is 7.74. The molecule has 1 amide bonds. The SMILES string of the molecule is CCC(CC)(CBr)NC(=O)CCSC. The van der Waals surface area contributed by atoms with Gasteiger partial charge in [0, 0.05) is 23.0 Å². The molecule has 4 heteroatoms. The molecule has 0 atom stereocenters. The quantitative estimate of drug-likeness (QED) is 0.727. The van der Waals surface area contributed by atoms with Crippen LogP contribution in [0.1, 0.15) is 33.1 Å². The molecule has 2 nitrogen and oxygen atoms in total. The number of rotatable bonds is 7. The number of alkyl halides is 1. The Labute approximate surface area is 99.7 Å². The second-order valence-electron chi connectivity index (χ2n) is 3.41. The summed E-state index contributed by atoms with van der Waals surface area (Å²) in [4.78, 5) is 11.5. The van der Waals surface area contributed by atoms with Crippen molar-refractivity contribution in [2.75, 3.05) is 17.3 Å². The van der Waals surface area contributed by atoms with Crippen molar-refractivity contribution in [2.24, 2.45) is 0 Å². The van der Waals surface area contributed by atoms with E-state index >= 15 is 0 Å². The van der Waals surface area contributed by atoms with Crippen molar-refractivity contribution >= 4 is 33.6 Å². The number of halogens is 1. The van der Waals surface area contributed by atoms with E-state index in [-0.39, 0.29) is 11.4 Å². The van der Waals surface area contributed by atoms with E-state index in [2.05, 4.69) is 35.1 Å². The third kappa shape index (κ3) is 4.69. The maximum absolute atomic E-state index is 11.5. The van der Waals surface area contributed by atoms with Crippen molar-refractivity contribution in [2.45, 2.75) is 38.6 Å². The van der Waals surface area contributed by atoms with Crippen molar-refractivity contribution in [1.82, 2.24) is 5.32 Å². The van der Waals surface area contributed by atoms with Gasteiger partial charge in [0.1, 0.15) is 0 Å². The number of thioether (sulfide) groups is 1. The van der Waals surface area contributed by atoms with E-state index < -0.39 is 0 Å². The minimum absolute atomic E-state index is 0.0461. The van der Waals surface area contributed by atoms with Gasteiger partial charge >= 0.3 is 0 Å². The second-order valence-corrected chi connectivity index (χ2v) is 4.96. The van der Waals surface area contributed by atoms with Crippen LogP contribution in [0.4, 0.5) is 0 Å². The van der Waals surface area contributed by atoms with Crippen LogP contribution in [0.25, 0.3) is 0 Å². The minimum Gasteiger partial charge on any atom is -0.350 e. The summed E-state index contributed by atoms with van der Waals surface area (Å²) in [6, 6.07) is 0. The monoisotopic (exact) mass is 281 g/mol. The summed E-state index contributed by atoms with van der Waals surface area (Å²) in [5, 5.41) is 3.95. The zero-order valence-electron chi connectivity index (χ0n) is 9.23. The molecule has 0 saturated carbocycles. The standard InChI is InChI=1S/C10H20BrNOS/c1-4-10(5-2,8-11)12-9(13)6-7-14-3/h4-8H2,1-3H3,(H,12,13). The molecule has 0 aromatic rings. The van der Waals surface area contributed by atoms with Gasteiger partial charge in [-0.3, -0.25) is 4.79 Å². The molecule has 0 aromatic heterocycles. The van der Waals surface area contributed by atoms with Crippen molar-refractivity contribution in [3.05, 3.63) is 0 Å². The predicted octanol–water partition coefficient (Wildman–Crippen LogP) is 2.81. The number of hydrogen-bond acceptors (Lipinski definition) is 2. The van der Waals surface area contributed by atoms with E-state index in [4.69, 9.17) is 0 Å². The Morgan fingerprint density at radius 2 is 2.00 bits per heavy atom. The first-order valence-corrected chi connectivity index (χ1v) is 7.51. The zero-order chi connectivity index (χ0) is 11.0. The van der Waals surface area contributed by atoms with E-state index in [1.807, 2.05) is 6.26 Å². The van der Waals surface area contributed by atoms with Crippen LogP contribution in [0.15, 0.2) is 0 Å². The summed E-state index contributed by atoms with van der Waals surface area (Å²) in [6.45, 7) is 4.22. The van der Waals surface area contributed by atoms with Gasteiger partial charge in [0.15, 0.2) is 0 Å². The minimum atomic E-state index is -0.0461. The maximum Gasteiger partial charge on any atom is 0.221 e. The second kappa shape index (κ2) is 7.57. The van der Waals surface area contributed by atoms with Gasteiger partial charge in [-0.15, -0.1) is 0 Å². The third-order valence-electron chi connectivity index (χ3n) is 2.55. The topological polar surface area (TPSA) is 29.1 Å². The van der Waals surface area contributed by atoms with Crippen LogP contribution in [0, 0.1) is 0 Å². The molecule has 0 aliphatic heterocycles. The molecule has 0 saturated heterocycles. The molecule has 1 N–H and O–H groups in total. The number of hydrogen-bond donors (Lipinski definition) is 1. The van der Waals surface area contributed by atoms with Crippen LogP contribution in [0.5, 0.6) is 0 Å². The van der Waals surface area contributed by atoms with Crippen molar-refractivity contribution in [3.8, 4) is 0 Å². The Morgan fingerprint density at radius 1 is 1.43 bits per heavy atom. The van der Waals surface area contributed by atoms with Gasteiger partial charge in [-0.1, -0.05) is 29.8 Å². The molecule has 0 rings (SSSR count). The summed E-state index contributed by atoms with van der Waals surface area (Å²) in [7, 11) is 0. The van der Waals surface area contributed by atoms with Gasteiger partial charge in [-0.05, 0) is 19.1 Å². The molecular weight excluding hydrogens is 262 g/mol. The van der Waals surface area contributed by atoms with E-state index in [1.54, 1.807) is 11.8 Å².